The van der Waals surface area contributed by atoms with Crippen LogP contribution in [0.1, 0.15) is 49.4 Å². The molecule has 6 heteroatoms. The van der Waals surface area contributed by atoms with Crippen LogP contribution in [0.15, 0.2) is 30.3 Å². The Labute approximate surface area is 184 Å². The molecule has 2 aromatic heterocycles. The van der Waals surface area contributed by atoms with Crippen LogP contribution >= 0.6 is 0 Å². The molecule has 0 radical (unpaired) electrons. The second-order valence-corrected chi connectivity index (χ2v) is 8.84. The average Bonchev–Trinajstić information content (AvgIpc) is 3.17. The van der Waals surface area contributed by atoms with E-state index in [1.54, 1.807) is 0 Å². The third-order valence-corrected chi connectivity index (χ3v) is 6.07. The van der Waals surface area contributed by atoms with Gasteiger partial charge in [0.2, 0.25) is 5.91 Å². The Morgan fingerprint density at radius 3 is 2.45 bits per heavy atom. The number of rotatable bonds is 6. The summed E-state index contributed by atoms with van der Waals surface area (Å²) in [6.45, 7) is 10.9. The molecule has 4 rings (SSSR count). The minimum Gasteiger partial charge on any atom is -0.356 e. The second-order valence-electron chi connectivity index (χ2n) is 8.84. The maximum absolute atomic E-state index is 12.4. The van der Waals surface area contributed by atoms with Crippen molar-refractivity contribution in [2.75, 3.05) is 24.5 Å². The third-order valence-electron chi connectivity index (χ3n) is 6.07. The highest BCUT2D eigenvalue weighted by Crippen LogP contribution is 2.28. The maximum Gasteiger partial charge on any atom is 0.223 e. The van der Waals surface area contributed by atoms with Crippen LogP contribution in [0.4, 0.5) is 5.82 Å². The van der Waals surface area contributed by atoms with Gasteiger partial charge in [-0.1, -0.05) is 30.5 Å². The molecule has 0 atom stereocenters. The minimum atomic E-state index is 0.106. The van der Waals surface area contributed by atoms with Gasteiger partial charge in [-0.15, -0.1) is 0 Å². The van der Waals surface area contributed by atoms with E-state index in [1.165, 1.54) is 11.1 Å². The van der Waals surface area contributed by atoms with E-state index in [4.69, 9.17) is 10.1 Å². The number of amides is 1. The Morgan fingerprint density at radius 2 is 1.77 bits per heavy atom. The molecule has 3 heterocycles. The summed E-state index contributed by atoms with van der Waals surface area (Å²) in [7, 11) is 0. The van der Waals surface area contributed by atoms with Crippen molar-refractivity contribution in [3.05, 3.63) is 47.2 Å². The minimum absolute atomic E-state index is 0.106. The largest absolute Gasteiger partial charge is 0.356 e. The summed E-state index contributed by atoms with van der Waals surface area (Å²) >= 11 is 0. The lowest BCUT2D eigenvalue weighted by Crippen LogP contribution is -2.41. The van der Waals surface area contributed by atoms with Gasteiger partial charge < -0.3 is 10.2 Å². The van der Waals surface area contributed by atoms with Crippen LogP contribution in [-0.2, 0) is 4.79 Å². The smallest absolute Gasteiger partial charge is 0.223 e. The van der Waals surface area contributed by atoms with Crippen molar-refractivity contribution in [2.24, 2.45) is 5.92 Å². The van der Waals surface area contributed by atoms with Crippen LogP contribution in [0.3, 0.4) is 0 Å². The molecule has 1 N–H and O–H groups in total. The van der Waals surface area contributed by atoms with Gasteiger partial charge in [0.1, 0.15) is 5.82 Å². The van der Waals surface area contributed by atoms with Crippen LogP contribution in [0.5, 0.6) is 0 Å². The molecular weight excluding hydrogens is 386 g/mol. The van der Waals surface area contributed by atoms with Crippen molar-refractivity contribution in [3.8, 4) is 11.3 Å². The number of fused-ring (bicyclic) bond motifs is 1. The quantitative estimate of drug-likeness (QED) is 0.600. The van der Waals surface area contributed by atoms with Gasteiger partial charge in [-0.05, 0) is 52.2 Å². The van der Waals surface area contributed by atoms with Crippen molar-refractivity contribution >= 4 is 17.4 Å². The monoisotopic (exact) mass is 419 g/mol. The summed E-state index contributed by atoms with van der Waals surface area (Å²) in [4.78, 5) is 19.5. The summed E-state index contributed by atoms with van der Waals surface area (Å²) in [5.41, 5.74) is 6.37. The van der Waals surface area contributed by atoms with Crippen LogP contribution < -0.4 is 10.2 Å². The molecule has 1 aromatic carbocycles. The summed E-state index contributed by atoms with van der Waals surface area (Å²) in [6.07, 6.45) is 3.88. The number of aromatic nitrogens is 3. The Balaban J connectivity index is 1.56. The van der Waals surface area contributed by atoms with Gasteiger partial charge in [0, 0.05) is 48.9 Å². The highest BCUT2D eigenvalue weighted by molar-refractivity contribution is 5.79. The van der Waals surface area contributed by atoms with Crippen molar-refractivity contribution in [1.29, 1.82) is 0 Å². The number of nitrogens with one attached hydrogen (secondary N) is 1. The number of hydrogen-bond donors (Lipinski definition) is 1. The summed E-state index contributed by atoms with van der Waals surface area (Å²) in [5, 5.41) is 8.01. The van der Waals surface area contributed by atoms with Gasteiger partial charge in [-0.25, -0.2) is 4.98 Å². The second kappa shape index (κ2) is 9.08. The first-order valence-electron chi connectivity index (χ1n) is 11.4. The van der Waals surface area contributed by atoms with Crippen LogP contribution in [-0.4, -0.2) is 40.1 Å². The molecule has 0 bridgehead atoms. The molecular formula is C25H33N5O. The standard InChI is InChI=1S/C25H33N5O/c1-5-6-9-26-25(31)20-7-10-29(11-8-20)24-15-19(4)27-23-16-22(28-30(23)24)21-13-17(2)12-18(3)14-21/h12-16,20H,5-11H2,1-4H3,(H,26,31). The van der Waals surface area contributed by atoms with Crippen LogP contribution in [0.2, 0.25) is 0 Å². The number of piperidine rings is 1. The Morgan fingerprint density at radius 1 is 1.06 bits per heavy atom. The van der Waals surface area contributed by atoms with E-state index < -0.39 is 0 Å². The molecule has 0 saturated carbocycles. The molecule has 6 nitrogen and oxygen atoms in total. The lowest BCUT2D eigenvalue weighted by Gasteiger charge is -2.33. The Kier molecular flexibility index (Phi) is 6.25. The molecule has 1 aliphatic heterocycles. The van der Waals surface area contributed by atoms with Crippen molar-refractivity contribution in [1.82, 2.24) is 19.9 Å². The summed E-state index contributed by atoms with van der Waals surface area (Å²) in [6, 6.07) is 10.7. The first-order valence-corrected chi connectivity index (χ1v) is 11.4. The van der Waals surface area contributed by atoms with E-state index in [1.807, 2.05) is 11.4 Å². The van der Waals surface area contributed by atoms with Crippen LogP contribution in [0, 0.1) is 26.7 Å². The van der Waals surface area contributed by atoms with E-state index in [2.05, 4.69) is 61.3 Å². The maximum atomic E-state index is 12.4. The topological polar surface area (TPSA) is 62.5 Å². The van der Waals surface area contributed by atoms with E-state index in [9.17, 15) is 4.79 Å². The number of hydrogen-bond acceptors (Lipinski definition) is 4. The Hall–Kier alpha value is -2.89. The lowest BCUT2D eigenvalue weighted by atomic mass is 9.96. The SMILES string of the molecule is CCCCNC(=O)C1CCN(c2cc(C)nc3cc(-c4cc(C)cc(C)c4)nn23)CC1. The van der Waals surface area contributed by atoms with Crippen molar-refractivity contribution in [3.63, 3.8) is 0 Å². The first kappa shape index (κ1) is 21.3. The molecule has 164 valence electrons. The van der Waals surface area contributed by atoms with Gasteiger partial charge in [0.15, 0.2) is 5.65 Å². The first-order chi connectivity index (χ1) is 14.9. The number of anilines is 1. The lowest BCUT2D eigenvalue weighted by molar-refractivity contribution is -0.125. The van der Waals surface area contributed by atoms with E-state index in [0.29, 0.717) is 0 Å². The highest BCUT2D eigenvalue weighted by Gasteiger charge is 2.26. The highest BCUT2D eigenvalue weighted by atomic mass is 16.1. The van der Waals surface area contributed by atoms with Gasteiger partial charge in [0.05, 0.1) is 5.69 Å². The fourth-order valence-electron chi connectivity index (χ4n) is 4.47. The zero-order valence-corrected chi connectivity index (χ0v) is 19.1. The normalized spacial score (nSPS) is 14.9. The number of benzene rings is 1. The van der Waals surface area contributed by atoms with E-state index >= 15 is 0 Å². The van der Waals surface area contributed by atoms with Crippen LogP contribution in [0.25, 0.3) is 16.9 Å². The fourth-order valence-corrected chi connectivity index (χ4v) is 4.47. The molecule has 0 unspecified atom stereocenters. The zero-order valence-electron chi connectivity index (χ0n) is 19.1. The Bertz CT molecular complexity index is 1060. The molecule has 0 spiro atoms. The molecule has 1 fully saturated rings. The molecule has 1 aliphatic rings. The van der Waals surface area contributed by atoms with Gasteiger partial charge in [0.25, 0.3) is 0 Å². The number of carbonyl (C=O) groups is 1. The van der Waals surface area contributed by atoms with E-state index in [0.717, 1.165) is 73.7 Å². The van der Waals surface area contributed by atoms with Gasteiger partial charge >= 0.3 is 0 Å². The summed E-state index contributed by atoms with van der Waals surface area (Å²) < 4.78 is 1.96. The average molecular weight is 420 g/mol. The van der Waals surface area contributed by atoms with Crippen molar-refractivity contribution < 1.29 is 4.79 Å². The number of unbranched alkanes of at least 4 members (excludes halogenated alkanes) is 1. The third kappa shape index (κ3) is 4.73. The predicted molar refractivity (Wildman–Crippen MR) is 125 cm³/mol. The molecule has 1 saturated heterocycles. The fraction of sp³-hybridized carbons (Fsp3) is 0.480. The molecule has 3 aromatic rings. The summed E-state index contributed by atoms with van der Waals surface area (Å²) in [5.74, 6) is 1.37. The molecule has 0 aliphatic carbocycles. The zero-order chi connectivity index (χ0) is 22.0. The number of carbonyl (C=O) groups excluding carboxylic acids is 1. The number of nitrogens with zero attached hydrogens (tertiary/aromatic N) is 4. The van der Waals surface area contributed by atoms with Gasteiger partial charge in [-0.2, -0.15) is 9.61 Å². The number of aryl methyl sites for hydroxylation is 3. The van der Waals surface area contributed by atoms with Gasteiger partial charge in [-0.3, -0.25) is 4.79 Å². The molecule has 31 heavy (non-hydrogen) atoms. The van der Waals surface area contributed by atoms with E-state index in [-0.39, 0.29) is 11.8 Å². The van der Waals surface area contributed by atoms with Crippen molar-refractivity contribution in [2.45, 2.75) is 53.4 Å². The predicted octanol–water partition coefficient (Wildman–Crippen LogP) is 4.45. The molecule has 1 amide bonds.